The maximum absolute atomic E-state index is 12.4. The van der Waals surface area contributed by atoms with E-state index in [0.29, 0.717) is 24.3 Å². The molecule has 6 heteroatoms. The summed E-state index contributed by atoms with van der Waals surface area (Å²) in [5.74, 6) is 0.953. The number of hydrogen-bond acceptors (Lipinski definition) is 5. The molecule has 1 aromatic rings. The van der Waals surface area contributed by atoms with Gasteiger partial charge in [-0.25, -0.2) is 0 Å². The van der Waals surface area contributed by atoms with E-state index >= 15 is 0 Å². The third-order valence-corrected chi connectivity index (χ3v) is 3.71. The van der Waals surface area contributed by atoms with Crippen LogP contribution in [0.15, 0.2) is 29.3 Å². The summed E-state index contributed by atoms with van der Waals surface area (Å²) in [5.41, 5.74) is 6.98. The number of aliphatic imine (C=N–C) groups is 1. The number of carbonyl (C=O) groups excluding carboxylic acids is 1. The van der Waals surface area contributed by atoms with Crippen LogP contribution in [0.3, 0.4) is 0 Å². The molecule has 1 saturated heterocycles. The number of rotatable bonds is 1. The van der Waals surface area contributed by atoms with Crippen molar-refractivity contribution >= 4 is 17.6 Å². The molecule has 1 aromatic carbocycles. The number of anilines is 1. The van der Waals surface area contributed by atoms with Crippen LogP contribution < -0.4 is 11.1 Å². The van der Waals surface area contributed by atoms with E-state index in [1.807, 2.05) is 6.54 Å². The average Bonchev–Trinajstić information content (AvgIpc) is 2.55. The van der Waals surface area contributed by atoms with Gasteiger partial charge in [0.25, 0.3) is 5.91 Å². The van der Waals surface area contributed by atoms with Gasteiger partial charge in [0.05, 0.1) is 6.54 Å². The van der Waals surface area contributed by atoms with Crippen molar-refractivity contribution in [1.29, 1.82) is 0 Å². The lowest BCUT2D eigenvalue weighted by molar-refractivity contribution is 0.0751. The lowest BCUT2D eigenvalue weighted by Gasteiger charge is -2.37. The number of benzene rings is 1. The van der Waals surface area contributed by atoms with Crippen LogP contribution in [0.1, 0.15) is 16.8 Å². The second kappa shape index (κ2) is 6.03. The monoisotopic (exact) mass is 286 g/mol. The highest BCUT2D eigenvalue weighted by atomic mass is 16.2. The lowest BCUT2D eigenvalue weighted by atomic mass is 10.1. The average molecular weight is 286 g/mol. The summed E-state index contributed by atoms with van der Waals surface area (Å²) in [4.78, 5) is 20.8. The van der Waals surface area contributed by atoms with Gasteiger partial charge in [-0.1, -0.05) is 6.07 Å². The first-order valence-corrected chi connectivity index (χ1v) is 7.27. The van der Waals surface area contributed by atoms with Crippen LogP contribution in [0.4, 0.5) is 5.69 Å². The molecule has 0 aromatic heterocycles. The standard InChI is InChI=1S/C15H20N5O/c16-13-4-1-3-12(11-13)14(21)19-7-9-20(10-8-19)15-17-5-2-6-18-15/h1,3-4,7,11H,2,5-6,8-10,16H2,(H,17,18). The van der Waals surface area contributed by atoms with Crippen LogP contribution in [-0.4, -0.2) is 54.4 Å². The predicted molar refractivity (Wildman–Crippen MR) is 82.7 cm³/mol. The highest BCUT2D eigenvalue weighted by molar-refractivity contribution is 5.95. The Hall–Kier alpha value is -2.24. The molecule has 0 unspecified atom stereocenters. The molecule has 3 rings (SSSR count). The van der Waals surface area contributed by atoms with E-state index in [-0.39, 0.29) is 5.91 Å². The highest BCUT2D eigenvalue weighted by Crippen LogP contribution is 2.14. The zero-order chi connectivity index (χ0) is 14.7. The van der Waals surface area contributed by atoms with Gasteiger partial charge in [0.1, 0.15) is 0 Å². The first kappa shape index (κ1) is 13.7. The number of piperazine rings is 1. The SMILES string of the molecule is Nc1cccc(C(=O)N2[CH]CN(C3=NCCCN3)CC2)c1. The Labute approximate surface area is 124 Å². The minimum Gasteiger partial charge on any atom is -0.399 e. The van der Waals surface area contributed by atoms with Crippen molar-refractivity contribution in [2.45, 2.75) is 6.42 Å². The van der Waals surface area contributed by atoms with Gasteiger partial charge in [0, 0.05) is 44.0 Å². The van der Waals surface area contributed by atoms with Crippen LogP contribution in [0.25, 0.3) is 0 Å². The molecule has 2 heterocycles. The Morgan fingerprint density at radius 3 is 2.90 bits per heavy atom. The van der Waals surface area contributed by atoms with E-state index < -0.39 is 0 Å². The number of hydrogen-bond donors (Lipinski definition) is 2. The molecule has 0 aliphatic carbocycles. The van der Waals surface area contributed by atoms with Crippen molar-refractivity contribution in [1.82, 2.24) is 15.1 Å². The normalized spacial score (nSPS) is 19.0. The summed E-state index contributed by atoms with van der Waals surface area (Å²) >= 11 is 0. The van der Waals surface area contributed by atoms with Gasteiger partial charge in [-0.15, -0.1) is 0 Å². The van der Waals surface area contributed by atoms with Crippen LogP contribution in [0.2, 0.25) is 0 Å². The quantitative estimate of drug-likeness (QED) is 0.739. The van der Waals surface area contributed by atoms with E-state index in [4.69, 9.17) is 5.73 Å². The fourth-order valence-electron chi connectivity index (χ4n) is 2.55. The van der Waals surface area contributed by atoms with Crippen LogP contribution >= 0.6 is 0 Å². The van der Waals surface area contributed by atoms with Gasteiger partial charge in [-0.05, 0) is 24.6 Å². The molecular formula is C15H20N5O. The number of guanidine groups is 1. The van der Waals surface area contributed by atoms with Gasteiger partial charge in [-0.3, -0.25) is 9.79 Å². The molecule has 2 aliphatic heterocycles. The lowest BCUT2D eigenvalue weighted by Crippen LogP contribution is -2.52. The molecule has 21 heavy (non-hydrogen) atoms. The first-order valence-electron chi connectivity index (χ1n) is 7.27. The van der Waals surface area contributed by atoms with E-state index in [9.17, 15) is 4.79 Å². The maximum Gasteiger partial charge on any atom is 0.254 e. The molecule has 1 radical (unpaired) electrons. The van der Waals surface area contributed by atoms with E-state index in [0.717, 1.165) is 32.0 Å². The molecule has 0 spiro atoms. The van der Waals surface area contributed by atoms with E-state index in [1.54, 1.807) is 29.2 Å². The summed E-state index contributed by atoms with van der Waals surface area (Å²) < 4.78 is 0. The Morgan fingerprint density at radius 2 is 2.24 bits per heavy atom. The first-order chi connectivity index (χ1) is 10.2. The Bertz CT molecular complexity index is 549. The summed E-state index contributed by atoms with van der Waals surface area (Å²) in [5, 5.41) is 3.31. The van der Waals surface area contributed by atoms with Gasteiger partial charge in [-0.2, -0.15) is 0 Å². The van der Waals surface area contributed by atoms with Gasteiger partial charge in [0.2, 0.25) is 0 Å². The molecule has 0 bridgehead atoms. The molecule has 1 fully saturated rings. The second-order valence-corrected chi connectivity index (χ2v) is 5.24. The molecule has 3 N–H and O–H groups in total. The Morgan fingerprint density at radius 1 is 1.33 bits per heavy atom. The van der Waals surface area contributed by atoms with Crippen molar-refractivity contribution in [2.75, 3.05) is 38.5 Å². The van der Waals surface area contributed by atoms with Gasteiger partial charge in [0.15, 0.2) is 5.96 Å². The summed E-state index contributed by atoms with van der Waals surface area (Å²) in [6, 6.07) is 7.10. The topological polar surface area (TPSA) is 74.0 Å². The molecule has 6 nitrogen and oxygen atoms in total. The van der Waals surface area contributed by atoms with Crippen molar-refractivity contribution < 1.29 is 4.79 Å². The summed E-state index contributed by atoms with van der Waals surface area (Å²) in [6.07, 6.45) is 1.08. The molecule has 1 amide bonds. The van der Waals surface area contributed by atoms with Crippen LogP contribution in [0.5, 0.6) is 0 Å². The number of carbonyl (C=O) groups is 1. The van der Waals surface area contributed by atoms with Crippen LogP contribution in [0, 0.1) is 6.54 Å². The third-order valence-electron chi connectivity index (χ3n) is 3.71. The summed E-state index contributed by atoms with van der Waals surface area (Å²) in [6.45, 7) is 5.92. The smallest absolute Gasteiger partial charge is 0.254 e. The van der Waals surface area contributed by atoms with Gasteiger partial charge < -0.3 is 20.9 Å². The van der Waals surface area contributed by atoms with Crippen molar-refractivity contribution in [3.05, 3.63) is 36.4 Å². The van der Waals surface area contributed by atoms with E-state index in [2.05, 4.69) is 15.2 Å². The number of nitrogens with zero attached hydrogens (tertiary/aromatic N) is 3. The number of nitrogen functional groups attached to an aromatic ring is 1. The largest absolute Gasteiger partial charge is 0.399 e. The van der Waals surface area contributed by atoms with Crippen molar-refractivity contribution in [3.8, 4) is 0 Å². The fourth-order valence-corrected chi connectivity index (χ4v) is 2.55. The van der Waals surface area contributed by atoms with Crippen LogP contribution in [-0.2, 0) is 0 Å². The predicted octanol–water partition coefficient (Wildman–Crippen LogP) is 0.538. The molecule has 0 saturated carbocycles. The summed E-state index contributed by atoms with van der Waals surface area (Å²) in [7, 11) is 0. The third kappa shape index (κ3) is 3.09. The molecule has 111 valence electrons. The maximum atomic E-state index is 12.4. The molecule has 0 atom stereocenters. The van der Waals surface area contributed by atoms with Crippen molar-refractivity contribution in [2.24, 2.45) is 4.99 Å². The second-order valence-electron chi connectivity index (χ2n) is 5.24. The molecule has 2 aliphatic rings. The zero-order valence-electron chi connectivity index (χ0n) is 12.0. The fraction of sp³-hybridized carbons (Fsp3) is 0.400. The molecular weight excluding hydrogens is 266 g/mol. The minimum atomic E-state index is 0.000456. The minimum absolute atomic E-state index is 0.000456. The number of amides is 1. The van der Waals surface area contributed by atoms with Crippen molar-refractivity contribution in [3.63, 3.8) is 0 Å². The number of nitrogens with one attached hydrogen (secondary N) is 1. The van der Waals surface area contributed by atoms with E-state index in [1.165, 1.54) is 0 Å². The highest BCUT2D eigenvalue weighted by Gasteiger charge is 2.24. The van der Waals surface area contributed by atoms with Gasteiger partial charge >= 0.3 is 0 Å². The number of nitrogens with two attached hydrogens (primary N) is 1. The zero-order valence-corrected chi connectivity index (χ0v) is 12.0. The Kier molecular flexibility index (Phi) is 3.94. The Balaban J connectivity index is 1.60.